The van der Waals surface area contributed by atoms with Crippen LogP contribution in [0.15, 0.2) is 6.20 Å². The summed E-state index contributed by atoms with van der Waals surface area (Å²) in [6, 6.07) is 0. The van der Waals surface area contributed by atoms with Crippen molar-refractivity contribution in [1.82, 2.24) is 15.1 Å². The van der Waals surface area contributed by atoms with Gasteiger partial charge in [0.25, 0.3) is 0 Å². The van der Waals surface area contributed by atoms with Crippen molar-refractivity contribution in [2.75, 3.05) is 20.2 Å². The number of ether oxygens (including phenoxy) is 1. The van der Waals surface area contributed by atoms with Crippen molar-refractivity contribution >= 4 is 5.78 Å². The SMILES string of the molecule is COc1cnn(C)c1C(=O)C1CC12CCNCC2. The van der Waals surface area contributed by atoms with Crippen molar-refractivity contribution in [2.24, 2.45) is 18.4 Å². The van der Waals surface area contributed by atoms with Gasteiger partial charge in [-0.25, -0.2) is 0 Å². The Balaban J connectivity index is 1.82. The van der Waals surface area contributed by atoms with Crippen LogP contribution in [0.5, 0.6) is 5.75 Å². The topological polar surface area (TPSA) is 56.2 Å². The summed E-state index contributed by atoms with van der Waals surface area (Å²) in [4.78, 5) is 12.6. The minimum absolute atomic E-state index is 0.170. The van der Waals surface area contributed by atoms with E-state index in [-0.39, 0.29) is 17.1 Å². The van der Waals surface area contributed by atoms with Crippen LogP contribution in [0.2, 0.25) is 0 Å². The van der Waals surface area contributed by atoms with Gasteiger partial charge in [0.05, 0.1) is 13.3 Å². The Morgan fingerprint density at radius 2 is 2.28 bits per heavy atom. The summed E-state index contributed by atoms with van der Waals surface area (Å²) < 4.78 is 6.86. The standard InChI is InChI=1S/C13H19N3O2/c1-16-11(10(18-2)8-15-16)12(17)9-7-13(9)3-5-14-6-4-13/h8-9,14H,3-7H2,1-2H3. The molecular weight excluding hydrogens is 230 g/mol. The molecule has 0 bridgehead atoms. The lowest BCUT2D eigenvalue weighted by Crippen LogP contribution is -2.31. The minimum atomic E-state index is 0.170. The van der Waals surface area contributed by atoms with E-state index in [4.69, 9.17) is 4.74 Å². The maximum absolute atomic E-state index is 12.6. The first-order valence-electron chi connectivity index (χ1n) is 6.49. The third-order valence-corrected chi connectivity index (χ3v) is 4.46. The summed E-state index contributed by atoms with van der Waals surface area (Å²) >= 11 is 0. The van der Waals surface area contributed by atoms with Crippen molar-refractivity contribution in [2.45, 2.75) is 19.3 Å². The summed E-state index contributed by atoms with van der Waals surface area (Å²) in [5, 5.41) is 7.47. The van der Waals surface area contributed by atoms with Gasteiger partial charge < -0.3 is 10.1 Å². The van der Waals surface area contributed by atoms with E-state index in [1.54, 1.807) is 25.0 Å². The highest BCUT2D eigenvalue weighted by molar-refractivity contribution is 6.01. The Kier molecular flexibility index (Phi) is 2.66. The van der Waals surface area contributed by atoms with Crippen LogP contribution < -0.4 is 10.1 Å². The number of nitrogens with one attached hydrogen (secondary N) is 1. The molecule has 2 aliphatic rings. The smallest absolute Gasteiger partial charge is 0.188 e. The fraction of sp³-hybridized carbons (Fsp3) is 0.692. The molecule has 1 aromatic rings. The number of ketones is 1. The number of Topliss-reactive ketones (excluding diaryl/α,β-unsaturated/α-hetero) is 1. The van der Waals surface area contributed by atoms with Crippen LogP contribution in [0.3, 0.4) is 0 Å². The van der Waals surface area contributed by atoms with Gasteiger partial charge in [-0.2, -0.15) is 5.10 Å². The minimum Gasteiger partial charge on any atom is -0.493 e. The maximum Gasteiger partial charge on any atom is 0.188 e. The molecule has 18 heavy (non-hydrogen) atoms. The molecule has 1 aromatic heterocycles. The zero-order valence-corrected chi connectivity index (χ0v) is 10.9. The second-order valence-corrected chi connectivity index (χ2v) is 5.42. The fourth-order valence-electron chi connectivity index (χ4n) is 3.21. The van der Waals surface area contributed by atoms with Crippen LogP contribution in [0.25, 0.3) is 0 Å². The van der Waals surface area contributed by atoms with Gasteiger partial charge in [-0.3, -0.25) is 9.48 Å². The van der Waals surface area contributed by atoms with E-state index in [2.05, 4.69) is 10.4 Å². The molecule has 5 heteroatoms. The molecule has 3 rings (SSSR count). The first kappa shape index (κ1) is 11.7. The number of hydrogen-bond donors (Lipinski definition) is 1. The molecule has 1 aliphatic heterocycles. The number of nitrogens with zero attached hydrogens (tertiary/aromatic N) is 2. The molecule has 2 heterocycles. The molecule has 1 spiro atoms. The van der Waals surface area contributed by atoms with Crippen molar-refractivity contribution in [1.29, 1.82) is 0 Å². The number of hydrogen-bond acceptors (Lipinski definition) is 4. The van der Waals surface area contributed by atoms with Gasteiger partial charge in [0.1, 0.15) is 5.69 Å². The summed E-state index contributed by atoms with van der Waals surface area (Å²) in [6.07, 6.45) is 4.87. The van der Waals surface area contributed by atoms with Crippen LogP contribution in [0.4, 0.5) is 0 Å². The van der Waals surface area contributed by atoms with Crippen LogP contribution in [0, 0.1) is 11.3 Å². The molecule has 5 nitrogen and oxygen atoms in total. The highest BCUT2D eigenvalue weighted by Gasteiger charge is 2.58. The molecule has 2 fully saturated rings. The lowest BCUT2D eigenvalue weighted by atomic mass is 9.90. The maximum atomic E-state index is 12.6. The number of methoxy groups -OCH3 is 1. The zero-order valence-electron chi connectivity index (χ0n) is 10.9. The van der Waals surface area contributed by atoms with Gasteiger partial charge in [-0.1, -0.05) is 0 Å². The van der Waals surface area contributed by atoms with Crippen LogP contribution in [-0.2, 0) is 7.05 Å². The van der Waals surface area contributed by atoms with Gasteiger partial charge >= 0.3 is 0 Å². The fourth-order valence-corrected chi connectivity index (χ4v) is 3.21. The van der Waals surface area contributed by atoms with Crippen molar-refractivity contribution < 1.29 is 9.53 Å². The van der Waals surface area contributed by atoms with Gasteiger partial charge in [0.15, 0.2) is 11.5 Å². The predicted molar refractivity (Wildman–Crippen MR) is 66.7 cm³/mol. The van der Waals surface area contributed by atoms with Gasteiger partial charge in [0.2, 0.25) is 0 Å². The summed E-state index contributed by atoms with van der Waals surface area (Å²) in [5.41, 5.74) is 0.885. The Bertz CT molecular complexity index is 475. The molecule has 1 aliphatic carbocycles. The molecule has 1 N–H and O–H groups in total. The number of rotatable bonds is 3. The Labute approximate surface area is 107 Å². The lowest BCUT2D eigenvalue weighted by Gasteiger charge is -2.23. The lowest BCUT2D eigenvalue weighted by molar-refractivity contribution is 0.0928. The average Bonchev–Trinajstić information content (AvgIpc) is 2.93. The summed E-state index contributed by atoms with van der Waals surface area (Å²) in [6.45, 7) is 2.07. The van der Waals surface area contributed by atoms with Gasteiger partial charge in [-0.15, -0.1) is 0 Å². The van der Waals surface area contributed by atoms with Gasteiger partial charge in [-0.05, 0) is 37.8 Å². The van der Waals surface area contributed by atoms with E-state index in [1.165, 1.54) is 0 Å². The second-order valence-electron chi connectivity index (χ2n) is 5.42. The highest BCUT2D eigenvalue weighted by atomic mass is 16.5. The number of carbonyl (C=O) groups excluding carboxylic acids is 1. The number of aryl methyl sites for hydroxylation is 1. The largest absolute Gasteiger partial charge is 0.493 e. The Morgan fingerprint density at radius 1 is 1.56 bits per heavy atom. The molecule has 0 amide bonds. The zero-order chi connectivity index (χ0) is 12.8. The first-order valence-corrected chi connectivity index (χ1v) is 6.49. The molecule has 1 saturated heterocycles. The van der Waals surface area contributed by atoms with E-state index in [9.17, 15) is 4.79 Å². The van der Waals surface area contributed by atoms with E-state index in [0.29, 0.717) is 11.4 Å². The summed E-state index contributed by atoms with van der Waals surface area (Å²) in [5.74, 6) is 0.969. The van der Waals surface area contributed by atoms with E-state index >= 15 is 0 Å². The van der Waals surface area contributed by atoms with Crippen molar-refractivity contribution in [3.63, 3.8) is 0 Å². The second kappa shape index (κ2) is 4.09. The average molecular weight is 249 g/mol. The number of carbonyl (C=O) groups is 1. The molecule has 1 unspecified atom stereocenters. The third kappa shape index (κ3) is 1.65. The van der Waals surface area contributed by atoms with E-state index < -0.39 is 0 Å². The van der Waals surface area contributed by atoms with Crippen molar-refractivity contribution in [3.05, 3.63) is 11.9 Å². The Morgan fingerprint density at radius 3 is 2.94 bits per heavy atom. The predicted octanol–water partition coefficient (Wildman–Crippen LogP) is 1.00. The number of aromatic nitrogens is 2. The van der Waals surface area contributed by atoms with Gasteiger partial charge in [0, 0.05) is 13.0 Å². The highest BCUT2D eigenvalue weighted by Crippen LogP contribution is 2.59. The van der Waals surface area contributed by atoms with Crippen molar-refractivity contribution in [3.8, 4) is 5.75 Å². The number of piperidine rings is 1. The quantitative estimate of drug-likeness (QED) is 0.812. The first-order chi connectivity index (χ1) is 8.68. The molecule has 0 radical (unpaired) electrons. The molecule has 1 atom stereocenters. The monoisotopic (exact) mass is 249 g/mol. The van der Waals surface area contributed by atoms with Crippen LogP contribution >= 0.6 is 0 Å². The molecule has 1 saturated carbocycles. The molecule has 0 aromatic carbocycles. The van der Waals surface area contributed by atoms with Crippen LogP contribution in [0.1, 0.15) is 29.8 Å². The normalized spacial score (nSPS) is 25.1. The van der Waals surface area contributed by atoms with E-state index in [0.717, 1.165) is 32.4 Å². The molecule has 98 valence electrons. The van der Waals surface area contributed by atoms with Crippen LogP contribution in [-0.4, -0.2) is 35.8 Å². The van der Waals surface area contributed by atoms with E-state index in [1.807, 2.05) is 0 Å². The molecular formula is C13H19N3O2. The summed E-state index contributed by atoms with van der Waals surface area (Å²) in [7, 11) is 3.38. The third-order valence-electron chi connectivity index (χ3n) is 4.46. The Hall–Kier alpha value is -1.36.